The van der Waals surface area contributed by atoms with Gasteiger partial charge in [0.1, 0.15) is 9.86 Å². The van der Waals surface area contributed by atoms with Crippen molar-refractivity contribution in [2.75, 3.05) is 5.73 Å². The third-order valence-electron chi connectivity index (χ3n) is 2.73. The minimum atomic E-state index is 0.337. The quantitative estimate of drug-likeness (QED) is 0.723. The van der Waals surface area contributed by atoms with E-state index >= 15 is 0 Å². The summed E-state index contributed by atoms with van der Waals surface area (Å²) >= 11 is 3.28. The Hall–Kier alpha value is -1.59. The SMILES string of the molecule is Cc1ccc(Sc2nc(N)nc3sc(C)cc23)cc1. The Balaban J connectivity index is 2.06. The molecule has 0 radical (unpaired) electrons. The van der Waals surface area contributed by atoms with Crippen molar-refractivity contribution in [2.24, 2.45) is 0 Å². The average molecular weight is 287 g/mol. The van der Waals surface area contributed by atoms with Crippen molar-refractivity contribution < 1.29 is 0 Å². The van der Waals surface area contributed by atoms with Gasteiger partial charge >= 0.3 is 0 Å². The van der Waals surface area contributed by atoms with Crippen LogP contribution in [0.4, 0.5) is 5.95 Å². The lowest BCUT2D eigenvalue weighted by atomic mass is 10.2. The number of hydrogen-bond acceptors (Lipinski definition) is 5. The van der Waals surface area contributed by atoms with Gasteiger partial charge in [-0.3, -0.25) is 0 Å². The molecule has 2 heterocycles. The van der Waals surface area contributed by atoms with E-state index in [0.717, 1.165) is 20.1 Å². The van der Waals surface area contributed by atoms with Crippen molar-refractivity contribution in [3.05, 3.63) is 40.8 Å². The molecule has 0 saturated carbocycles. The Bertz CT molecular complexity index is 732. The van der Waals surface area contributed by atoms with Crippen LogP contribution >= 0.6 is 23.1 Å². The van der Waals surface area contributed by atoms with Crippen LogP contribution in [0.25, 0.3) is 10.2 Å². The van der Waals surface area contributed by atoms with Crippen molar-refractivity contribution in [2.45, 2.75) is 23.8 Å². The van der Waals surface area contributed by atoms with Crippen LogP contribution in [0.15, 0.2) is 40.3 Å². The highest BCUT2D eigenvalue weighted by atomic mass is 32.2. The molecule has 0 amide bonds. The standard InChI is InChI=1S/C14H13N3S2/c1-8-3-5-10(6-4-8)19-13-11-7-9(2)18-12(11)16-14(15)17-13/h3-7H,1-2H3,(H2,15,16,17). The van der Waals surface area contributed by atoms with Crippen LogP contribution in [0.3, 0.4) is 0 Å². The van der Waals surface area contributed by atoms with E-state index in [2.05, 4.69) is 54.1 Å². The zero-order chi connectivity index (χ0) is 13.4. The van der Waals surface area contributed by atoms with Crippen LogP contribution in [-0.2, 0) is 0 Å². The lowest BCUT2D eigenvalue weighted by Crippen LogP contribution is -1.95. The zero-order valence-corrected chi connectivity index (χ0v) is 12.3. The number of aromatic nitrogens is 2. The normalized spacial score (nSPS) is 11.1. The van der Waals surface area contributed by atoms with Crippen molar-refractivity contribution in [1.29, 1.82) is 0 Å². The summed E-state index contributed by atoms with van der Waals surface area (Å²) in [4.78, 5) is 12.0. The van der Waals surface area contributed by atoms with Gasteiger partial charge in [-0.05, 0) is 32.0 Å². The van der Waals surface area contributed by atoms with Gasteiger partial charge < -0.3 is 5.73 Å². The van der Waals surface area contributed by atoms with Gasteiger partial charge in [-0.25, -0.2) is 9.97 Å². The predicted octanol–water partition coefficient (Wildman–Crippen LogP) is 4.04. The van der Waals surface area contributed by atoms with Gasteiger partial charge in [0.2, 0.25) is 5.95 Å². The van der Waals surface area contributed by atoms with Crippen LogP contribution in [-0.4, -0.2) is 9.97 Å². The zero-order valence-electron chi connectivity index (χ0n) is 10.7. The summed E-state index contributed by atoms with van der Waals surface area (Å²) in [6.45, 7) is 4.15. The predicted molar refractivity (Wildman–Crippen MR) is 81.9 cm³/mol. The van der Waals surface area contributed by atoms with E-state index in [-0.39, 0.29) is 0 Å². The van der Waals surface area contributed by atoms with Crippen LogP contribution in [0.2, 0.25) is 0 Å². The first-order chi connectivity index (χ1) is 9.11. The Morgan fingerprint density at radius 3 is 2.58 bits per heavy atom. The Labute approximate surface area is 119 Å². The van der Waals surface area contributed by atoms with E-state index in [9.17, 15) is 0 Å². The first kappa shape index (κ1) is 12.4. The van der Waals surface area contributed by atoms with E-state index in [1.165, 1.54) is 10.4 Å². The highest BCUT2D eigenvalue weighted by Gasteiger charge is 2.10. The second-order valence-corrected chi connectivity index (χ2v) is 6.67. The second kappa shape index (κ2) is 4.83. The van der Waals surface area contributed by atoms with Crippen molar-refractivity contribution in [1.82, 2.24) is 9.97 Å². The summed E-state index contributed by atoms with van der Waals surface area (Å²) in [5.74, 6) is 0.337. The molecule has 0 unspecified atom stereocenters. The van der Waals surface area contributed by atoms with E-state index in [1.54, 1.807) is 23.1 Å². The third-order valence-corrected chi connectivity index (χ3v) is 4.69. The molecule has 0 aliphatic carbocycles. The molecule has 3 aromatic rings. The maximum absolute atomic E-state index is 5.78. The molecule has 0 aliphatic rings. The molecule has 0 aliphatic heterocycles. The van der Waals surface area contributed by atoms with Gasteiger partial charge in [-0.15, -0.1) is 11.3 Å². The van der Waals surface area contributed by atoms with Crippen molar-refractivity contribution in [3.8, 4) is 0 Å². The number of anilines is 1. The average Bonchev–Trinajstić information content (AvgIpc) is 2.72. The molecule has 0 atom stereocenters. The number of fused-ring (bicyclic) bond motifs is 1. The fraction of sp³-hybridized carbons (Fsp3) is 0.143. The number of benzene rings is 1. The molecule has 0 spiro atoms. The highest BCUT2D eigenvalue weighted by Crippen LogP contribution is 2.35. The minimum absolute atomic E-state index is 0.337. The van der Waals surface area contributed by atoms with Crippen LogP contribution in [0.1, 0.15) is 10.4 Å². The molecule has 96 valence electrons. The van der Waals surface area contributed by atoms with E-state index in [4.69, 9.17) is 5.73 Å². The smallest absolute Gasteiger partial charge is 0.222 e. The second-order valence-electron chi connectivity index (χ2n) is 4.38. The molecule has 1 aromatic carbocycles. The summed E-state index contributed by atoms with van der Waals surface area (Å²) in [5.41, 5.74) is 7.04. The van der Waals surface area contributed by atoms with Crippen LogP contribution in [0, 0.1) is 13.8 Å². The van der Waals surface area contributed by atoms with E-state index < -0.39 is 0 Å². The molecule has 0 bridgehead atoms. The number of nitrogens with two attached hydrogens (primary N) is 1. The summed E-state index contributed by atoms with van der Waals surface area (Å²) < 4.78 is 0. The van der Waals surface area contributed by atoms with E-state index in [1.807, 2.05) is 0 Å². The first-order valence-corrected chi connectivity index (χ1v) is 7.53. The number of rotatable bonds is 2. The molecule has 3 rings (SSSR count). The molecule has 0 saturated heterocycles. The fourth-order valence-corrected chi connectivity index (χ4v) is 3.68. The number of thiophene rings is 1. The lowest BCUT2D eigenvalue weighted by Gasteiger charge is -2.03. The van der Waals surface area contributed by atoms with Gasteiger partial charge in [0.25, 0.3) is 0 Å². The van der Waals surface area contributed by atoms with Crippen LogP contribution in [0.5, 0.6) is 0 Å². The van der Waals surface area contributed by atoms with Gasteiger partial charge in [0, 0.05) is 15.2 Å². The summed E-state index contributed by atoms with van der Waals surface area (Å²) in [6.07, 6.45) is 0. The maximum atomic E-state index is 5.78. The largest absolute Gasteiger partial charge is 0.368 e. The number of aryl methyl sites for hydroxylation is 2. The molecule has 3 nitrogen and oxygen atoms in total. The Morgan fingerprint density at radius 1 is 1.11 bits per heavy atom. The number of nitrogen functional groups attached to an aromatic ring is 1. The van der Waals surface area contributed by atoms with Gasteiger partial charge in [0.05, 0.1) is 0 Å². The summed E-state index contributed by atoms with van der Waals surface area (Å²) in [6, 6.07) is 10.5. The van der Waals surface area contributed by atoms with Gasteiger partial charge in [-0.1, -0.05) is 29.5 Å². The molecular weight excluding hydrogens is 274 g/mol. The summed E-state index contributed by atoms with van der Waals surface area (Å²) in [7, 11) is 0. The van der Waals surface area contributed by atoms with Gasteiger partial charge in [-0.2, -0.15) is 0 Å². The summed E-state index contributed by atoms with van der Waals surface area (Å²) in [5, 5.41) is 2.01. The molecule has 19 heavy (non-hydrogen) atoms. The third kappa shape index (κ3) is 2.57. The van der Waals surface area contributed by atoms with Crippen molar-refractivity contribution >= 4 is 39.3 Å². The molecule has 0 fully saturated rings. The van der Waals surface area contributed by atoms with Crippen LogP contribution < -0.4 is 5.73 Å². The lowest BCUT2D eigenvalue weighted by molar-refractivity contribution is 1.12. The molecular formula is C14H13N3S2. The maximum Gasteiger partial charge on any atom is 0.222 e. The molecule has 2 aromatic heterocycles. The molecule has 2 N–H and O–H groups in total. The monoisotopic (exact) mass is 287 g/mol. The van der Waals surface area contributed by atoms with E-state index in [0.29, 0.717) is 5.95 Å². The topological polar surface area (TPSA) is 51.8 Å². The number of nitrogens with zero attached hydrogens (tertiary/aromatic N) is 2. The van der Waals surface area contributed by atoms with Gasteiger partial charge in [0.15, 0.2) is 0 Å². The Morgan fingerprint density at radius 2 is 1.84 bits per heavy atom. The number of hydrogen-bond donors (Lipinski definition) is 1. The van der Waals surface area contributed by atoms with Crippen molar-refractivity contribution in [3.63, 3.8) is 0 Å². The first-order valence-electron chi connectivity index (χ1n) is 5.90. The Kier molecular flexibility index (Phi) is 3.16. The highest BCUT2D eigenvalue weighted by molar-refractivity contribution is 7.99. The molecule has 5 heteroatoms. The minimum Gasteiger partial charge on any atom is -0.368 e. The fourth-order valence-electron chi connectivity index (χ4n) is 1.83.